The van der Waals surface area contributed by atoms with Crippen LogP contribution in [0.15, 0.2) is 72.8 Å². The van der Waals surface area contributed by atoms with E-state index in [-0.39, 0.29) is 5.41 Å². The average molecular weight is 401 g/mol. The number of ether oxygens (including phenoxy) is 2. The van der Waals surface area contributed by atoms with Crippen LogP contribution in [-0.4, -0.2) is 6.61 Å². The standard InChI is InChI=1S/C23H22Cl2O2/c1-23(2,18-8-10-19(24)11-9-18)16-26-15-17-14-21(12-13-22(17)25)27-20-6-4-3-5-7-20/h3-14H,15-16H2,1-2H3. The number of rotatable bonds is 7. The second-order valence-corrected chi connectivity index (χ2v) is 7.90. The van der Waals surface area contributed by atoms with Crippen LogP contribution < -0.4 is 4.74 Å². The zero-order valence-corrected chi connectivity index (χ0v) is 16.9. The summed E-state index contributed by atoms with van der Waals surface area (Å²) in [6, 6.07) is 23.2. The molecule has 4 heteroatoms. The molecule has 3 rings (SSSR count). The van der Waals surface area contributed by atoms with Crippen LogP contribution in [0.3, 0.4) is 0 Å². The first-order valence-corrected chi connectivity index (χ1v) is 9.55. The minimum Gasteiger partial charge on any atom is -0.457 e. The molecule has 0 saturated carbocycles. The van der Waals surface area contributed by atoms with Gasteiger partial charge >= 0.3 is 0 Å². The third-order valence-electron chi connectivity index (χ3n) is 4.34. The second kappa shape index (κ2) is 8.79. The third kappa shape index (κ3) is 5.49. The maximum atomic E-state index is 6.33. The quantitative estimate of drug-likeness (QED) is 0.414. The maximum absolute atomic E-state index is 6.33. The van der Waals surface area contributed by atoms with E-state index in [1.54, 1.807) is 0 Å². The summed E-state index contributed by atoms with van der Waals surface area (Å²) in [6.07, 6.45) is 0. The number of hydrogen-bond donors (Lipinski definition) is 0. The van der Waals surface area contributed by atoms with E-state index in [4.69, 9.17) is 32.7 Å². The highest BCUT2D eigenvalue weighted by Crippen LogP contribution is 2.29. The molecule has 0 spiro atoms. The minimum absolute atomic E-state index is 0.130. The van der Waals surface area contributed by atoms with E-state index in [1.807, 2.05) is 72.8 Å². The first-order chi connectivity index (χ1) is 12.9. The van der Waals surface area contributed by atoms with Crippen LogP contribution in [0.5, 0.6) is 11.5 Å². The molecule has 27 heavy (non-hydrogen) atoms. The van der Waals surface area contributed by atoms with E-state index in [1.165, 1.54) is 5.56 Å². The monoisotopic (exact) mass is 400 g/mol. The molecule has 0 heterocycles. The van der Waals surface area contributed by atoms with Crippen LogP contribution in [0.25, 0.3) is 0 Å². The van der Waals surface area contributed by atoms with E-state index in [2.05, 4.69) is 13.8 Å². The van der Waals surface area contributed by atoms with Crippen molar-refractivity contribution in [2.75, 3.05) is 6.61 Å². The summed E-state index contributed by atoms with van der Waals surface area (Å²) >= 11 is 12.3. The molecule has 0 amide bonds. The Bertz CT molecular complexity index is 875. The van der Waals surface area contributed by atoms with Gasteiger partial charge in [-0.15, -0.1) is 0 Å². The second-order valence-electron chi connectivity index (χ2n) is 7.05. The minimum atomic E-state index is -0.130. The van der Waals surface area contributed by atoms with Crippen LogP contribution in [0.4, 0.5) is 0 Å². The van der Waals surface area contributed by atoms with Gasteiger partial charge in [0.05, 0.1) is 13.2 Å². The molecule has 140 valence electrons. The number of benzene rings is 3. The molecule has 0 fully saturated rings. The van der Waals surface area contributed by atoms with E-state index in [0.717, 1.165) is 22.1 Å². The van der Waals surface area contributed by atoms with Gasteiger partial charge < -0.3 is 9.47 Å². The fourth-order valence-corrected chi connectivity index (χ4v) is 3.05. The predicted molar refractivity (Wildman–Crippen MR) is 112 cm³/mol. The molecule has 0 radical (unpaired) electrons. The van der Waals surface area contributed by atoms with Crippen molar-refractivity contribution in [1.29, 1.82) is 0 Å². The normalized spacial score (nSPS) is 11.4. The van der Waals surface area contributed by atoms with Crippen molar-refractivity contribution in [3.8, 4) is 11.5 Å². The Morgan fingerprint density at radius 3 is 2.22 bits per heavy atom. The third-order valence-corrected chi connectivity index (χ3v) is 4.96. The molecule has 2 nitrogen and oxygen atoms in total. The maximum Gasteiger partial charge on any atom is 0.127 e. The van der Waals surface area contributed by atoms with E-state index < -0.39 is 0 Å². The number of para-hydroxylation sites is 1. The highest BCUT2D eigenvalue weighted by atomic mass is 35.5. The van der Waals surface area contributed by atoms with Crippen LogP contribution in [0.2, 0.25) is 10.0 Å². The molecule has 3 aromatic rings. The Labute approximate surface area is 170 Å². The molecule has 0 saturated heterocycles. The lowest BCUT2D eigenvalue weighted by Gasteiger charge is -2.25. The van der Waals surface area contributed by atoms with Gasteiger partial charge in [0.2, 0.25) is 0 Å². The molecule has 0 aliphatic rings. The summed E-state index contributed by atoms with van der Waals surface area (Å²) in [5.74, 6) is 1.52. The summed E-state index contributed by atoms with van der Waals surface area (Å²) in [5.41, 5.74) is 1.95. The van der Waals surface area contributed by atoms with Crippen LogP contribution in [-0.2, 0) is 16.8 Å². The summed E-state index contributed by atoms with van der Waals surface area (Å²) < 4.78 is 11.9. The summed E-state index contributed by atoms with van der Waals surface area (Å²) in [4.78, 5) is 0. The summed E-state index contributed by atoms with van der Waals surface area (Å²) in [5, 5.41) is 1.40. The van der Waals surface area contributed by atoms with Gasteiger partial charge in [-0.1, -0.05) is 67.4 Å². The van der Waals surface area contributed by atoms with Crippen molar-refractivity contribution in [2.24, 2.45) is 0 Å². The Kier molecular flexibility index (Phi) is 6.43. The largest absolute Gasteiger partial charge is 0.457 e. The fraction of sp³-hybridized carbons (Fsp3) is 0.217. The lowest BCUT2D eigenvalue weighted by atomic mass is 9.86. The molecule has 0 aliphatic carbocycles. The van der Waals surface area contributed by atoms with Crippen molar-refractivity contribution >= 4 is 23.2 Å². The predicted octanol–water partition coefficient (Wildman–Crippen LogP) is 7.28. The van der Waals surface area contributed by atoms with Crippen molar-refractivity contribution in [3.63, 3.8) is 0 Å². The van der Waals surface area contributed by atoms with Crippen molar-refractivity contribution in [2.45, 2.75) is 25.9 Å². The first kappa shape index (κ1) is 19.8. The molecule has 0 unspecified atom stereocenters. The van der Waals surface area contributed by atoms with E-state index in [0.29, 0.717) is 18.2 Å². The highest BCUT2D eigenvalue weighted by Gasteiger charge is 2.21. The Morgan fingerprint density at radius 1 is 0.815 bits per heavy atom. The van der Waals surface area contributed by atoms with Crippen molar-refractivity contribution in [1.82, 2.24) is 0 Å². The molecular formula is C23H22Cl2O2. The molecule has 0 aliphatic heterocycles. The molecule has 0 aromatic heterocycles. The Morgan fingerprint density at radius 2 is 1.52 bits per heavy atom. The number of hydrogen-bond acceptors (Lipinski definition) is 2. The van der Waals surface area contributed by atoms with Gasteiger partial charge in [0.15, 0.2) is 0 Å². The molecule has 3 aromatic carbocycles. The topological polar surface area (TPSA) is 18.5 Å². The molecule has 0 atom stereocenters. The van der Waals surface area contributed by atoms with E-state index in [9.17, 15) is 0 Å². The van der Waals surface area contributed by atoms with Crippen LogP contribution >= 0.6 is 23.2 Å². The van der Waals surface area contributed by atoms with E-state index >= 15 is 0 Å². The molecule has 0 N–H and O–H groups in total. The zero-order valence-electron chi connectivity index (χ0n) is 15.4. The van der Waals surface area contributed by atoms with Gasteiger partial charge in [0.1, 0.15) is 11.5 Å². The average Bonchev–Trinajstić information content (AvgIpc) is 2.65. The van der Waals surface area contributed by atoms with Gasteiger partial charge in [0, 0.05) is 21.0 Å². The Hall–Kier alpha value is -2.00. The highest BCUT2D eigenvalue weighted by molar-refractivity contribution is 6.31. The van der Waals surface area contributed by atoms with Crippen molar-refractivity contribution in [3.05, 3.63) is 94.0 Å². The van der Waals surface area contributed by atoms with Gasteiger partial charge in [-0.25, -0.2) is 0 Å². The molecule has 0 bridgehead atoms. The zero-order chi connectivity index (χ0) is 19.3. The Balaban J connectivity index is 1.63. The van der Waals surface area contributed by atoms with Gasteiger partial charge in [-0.2, -0.15) is 0 Å². The lowest BCUT2D eigenvalue weighted by molar-refractivity contribution is 0.0824. The van der Waals surface area contributed by atoms with Gasteiger partial charge in [-0.3, -0.25) is 0 Å². The smallest absolute Gasteiger partial charge is 0.127 e. The van der Waals surface area contributed by atoms with Gasteiger partial charge in [0.25, 0.3) is 0 Å². The fourth-order valence-electron chi connectivity index (χ4n) is 2.75. The van der Waals surface area contributed by atoms with Crippen LogP contribution in [0.1, 0.15) is 25.0 Å². The SMILES string of the molecule is CC(C)(COCc1cc(Oc2ccccc2)ccc1Cl)c1ccc(Cl)cc1. The summed E-state index contributed by atoms with van der Waals surface area (Å²) in [6.45, 7) is 5.27. The number of halogens is 2. The van der Waals surface area contributed by atoms with Crippen LogP contribution in [0, 0.1) is 0 Å². The van der Waals surface area contributed by atoms with Crippen molar-refractivity contribution < 1.29 is 9.47 Å². The first-order valence-electron chi connectivity index (χ1n) is 8.79. The van der Waals surface area contributed by atoms with Gasteiger partial charge in [-0.05, 0) is 48.0 Å². The summed E-state index contributed by atoms with van der Waals surface area (Å²) in [7, 11) is 0. The lowest BCUT2D eigenvalue weighted by Crippen LogP contribution is -2.24. The molecular weight excluding hydrogens is 379 g/mol.